The fraction of sp³-hybridized carbons (Fsp3) is 0.0800. The number of rotatable bonds is 7. The van der Waals surface area contributed by atoms with E-state index < -0.39 is 0 Å². The number of nitrogens with zero attached hydrogens (tertiary/aromatic N) is 2. The summed E-state index contributed by atoms with van der Waals surface area (Å²) in [5.41, 5.74) is 3.22. The van der Waals surface area contributed by atoms with Crippen molar-refractivity contribution in [2.45, 2.75) is 6.54 Å². The van der Waals surface area contributed by atoms with Gasteiger partial charge in [0.2, 0.25) is 0 Å². The van der Waals surface area contributed by atoms with Crippen molar-refractivity contribution in [2.24, 2.45) is 0 Å². The Labute approximate surface area is 185 Å². The van der Waals surface area contributed by atoms with E-state index >= 15 is 0 Å². The Bertz CT molecular complexity index is 1220. The lowest BCUT2D eigenvalue weighted by Crippen LogP contribution is -2.13. The van der Waals surface area contributed by atoms with Gasteiger partial charge in [-0.15, -0.1) is 0 Å². The molecule has 0 radical (unpaired) electrons. The second-order valence-electron chi connectivity index (χ2n) is 7.10. The maximum Gasteiger partial charge on any atom is 0.275 e. The summed E-state index contributed by atoms with van der Waals surface area (Å²) in [4.78, 5) is 29.0. The number of para-hydroxylation sites is 2. The van der Waals surface area contributed by atoms with Gasteiger partial charge in [-0.05, 0) is 42.0 Å². The fourth-order valence-electron chi connectivity index (χ4n) is 3.20. The fourth-order valence-corrected chi connectivity index (χ4v) is 3.20. The molecule has 0 saturated heterocycles. The molecule has 0 bridgehead atoms. The first-order valence-corrected chi connectivity index (χ1v) is 10.0. The SMILES string of the molecule is COc1ccccc1NC(=O)c1cn(Cc2ccc(NC(=O)c3ccccc3)cc2)cn1. The molecule has 0 spiro atoms. The van der Waals surface area contributed by atoms with Crippen molar-refractivity contribution in [1.29, 1.82) is 0 Å². The number of benzene rings is 3. The Morgan fingerprint density at radius 2 is 1.59 bits per heavy atom. The summed E-state index contributed by atoms with van der Waals surface area (Å²) < 4.78 is 7.09. The van der Waals surface area contributed by atoms with E-state index in [0.29, 0.717) is 34.9 Å². The Hall–Kier alpha value is -4.39. The molecule has 4 aromatic rings. The highest BCUT2D eigenvalue weighted by Gasteiger charge is 2.12. The van der Waals surface area contributed by atoms with Crippen molar-refractivity contribution in [1.82, 2.24) is 9.55 Å². The van der Waals surface area contributed by atoms with Crippen molar-refractivity contribution in [3.05, 3.63) is 108 Å². The zero-order valence-electron chi connectivity index (χ0n) is 17.5. The van der Waals surface area contributed by atoms with Crippen molar-refractivity contribution in [3.8, 4) is 5.75 Å². The van der Waals surface area contributed by atoms with Crippen LogP contribution in [0.25, 0.3) is 0 Å². The molecule has 2 N–H and O–H groups in total. The van der Waals surface area contributed by atoms with Crippen LogP contribution in [0.3, 0.4) is 0 Å². The van der Waals surface area contributed by atoms with Crippen LogP contribution < -0.4 is 15.4 Å². The van der Waals surface area contributed by atoms with Crippen molar-refractivity contribution >= 4 is 23.2 Å². The normalized spacial score (nSPS) is 10.4. The molecule has 1 aromatic heterocycles. The number of imidazole rings is 1. The molecule has 3 aromatic carbocycles. The van der Waals surface area contributed by atoms with Crippen LogP contribution in [0.4, 0.5) is 11.4 Å². The quantitative estimate of drug-likeness (QED) is 0.457. The Morgan fingerprint density at radius 3 is 2.34 bits per heavy atom. The third-order valence-electron chi connectivity index (χ3n) is 4.83. The molecule has 0 fully saturated rings. The molecule has 0 unspecified atom stereocenters. The largest absolute Gasteiger partial charge is 0.495 e. The molecule has 160 valence electrons. The molecular weight excluding hydrogens is 404 g/mol. The van der Waals surface area contributed by atoms with Gasteiger partial charge in [0, 0.05) is 24.0 Å². The molecule has 0 aliphatic rings. The number of hydrogen-bond donors (Lipinski definition) is 2. The number of anilines is 2. The van der Waals surface area contributed by atoms with Crippen LogP contribution in [0.1, 0.15) is 26.4 Å². The van der Waals surface area contributed by atoms with Crippen LogP contribution in [-0.4, -0.2) is 28.5 Å². The summed E-state index contributed by atoms with van der Waals surface area (Å²) in [6.07, 6.45) is 3.30. The average Bonchev–Trinajstić information content (AvgIpc) is 3.30. The highest BCUT2D eigenvalue weighted by Crippen LogP contribution is 2.23. The number of amides is 2. The molecule has 0 aliphatic carbocycles. The van der Waals surface area contributed by atoms with Gasteiger partial charge in [0.15, 0.2) is 0 Å². The monoisotopic (exact) mass is 426 g/mol. The van der Waals surface area contributed by atoms with Crippen LogP contribution >= 0.6 is 0 Å². The van der Waals surface area contributed by atoms with Gasteiger partial charge in [-0.3, -0.25) is 9.59 Å². The third-order valence-corrected chi connectivity index (χ3v) is 4.83. The third kappa shape index (κ3) is 5.02. The zero-order valence-corrected chi connectivity index (χ0v) is 17.5. The van der Waals surface area contributed by atoms with Gasteiger partial charge in [-0.25, -0.2) is 4.98 Å². The lowest BCUT2D eigenvalue weighted by atomic mass is 10.2. The molecular formula is C25H22N4O3. The zero-order chi connectivity index (χ0) is 22.3. The second kappa shape index (κ2) is 9.61. The van der Waals surface area contributed by atoms with Gasteiger partial charge in [0.1, 0.15) is 11.4 Å². The lowest BCUT2D eigenvalue weighted by molar-refractivity contribution is 0.101. The summed E-state index contributed by atoms with van der Waals surface area (Å²) in [6.45, 7) is 0.544. The minimum Gasteiger partial charge on any atom is -0.495 e. The molecule has 32 heavy (non-hydrogen) atoms. The maximum absolute atomic E-state index is 12.5. The van der Waals surface area contributed by atoms with E-state index in [1.54, 1.807) is 43.9 Å². The number of hydrogen-bond acceptors (Lipinski definition) is 4. The highest BCUT2D eigenvalue weighted by molar-refractivity contribution is 6.04. The summed E-state index contributed by atoms with van der Waals surface area (Å²) >= 11 is 0. The smallest absolute Gasteiger partial charge is 0.275 e. The predicted octanol–water partition coefficient (Wildman–Crippen LogP) is 4.44. The van der Waals surface area contributed by atoms with Gasteiger partial charge in [0.05, 0.1) is 19.1 Å². The van der Waals surface area contributed by atoms with E-state index in [1.165, 1.54) is 0 Å². The Balaban J connectivity index is 1.37. The van der Waals surface area contributed by atoms with Gasteiger partial charge in [0.25, 0.3) is 11.8 Å². The number of nitrogens with one attached hydrogen (secondary N) is 2. The van der Waals surface area contributed by atoms with E-state index in [9.17, 15) is 9.59 Å². The van der Waals surface area contributed by atoms with Gasteiger partial charge < -0.3 is 19.9 Å². The predicted molar refractivity (Wildman–Crippen MR) is 123 cm³/mol. The number of aromatic nitrogens is 2. The van der Waals surface area contributed by atoms with Crippen LogP contribution in [0, 0.1) is 0 Å². The standard InChI is InChI=1S/C25H22N4O3/c1-32-23-10-6-5-9-21(23)28-25(31)22-16-29(17-26-22)15-18-11-13-20(14-12-18)27-24(30)19-7-3-2-4-8-19/h2-14,16-17H,15H2,1H3,(H,27,30)(H,28,31). The number of ether oxygens (including phenoxy) is 1. The summed E-state index contributed by atoms with van der Waals surface area (Å²) in [7, 11) is 1.55. The molecule has 2 amide bonds. The lowest BCUT2D eigenvalue weighted by Gasteiger charge is -2.08. The van der Waals surface area contributed by atoms with E-state index in [4.69, 9.17) is 4.74 Å². The van der Waals surface area contributed by atoms with Gasteiger partial charge in [-0.2, -0.15) is 0 Å². The van der Waals surface area contributed by atoms with Crippen LogP contribution in [0.2, 0.25) is 0 Å². The summed E-state index contributed by atoms with van der Waals surface area (Å²) in [5.74, 6) is 0.116. The van der Waals surface area contributed by atoms with E-state index in [-0.39, 0.29) is 11.8 Å². The topological polar surface area (TPSA) is 85.2 Å². The van der Waals surface area contributed by atoms with Crippen LogP contribution in [0.15, 0.2) is 91.4 Å². The van der Waals surface area contributed by atoms with Gasteiger partial charge >= 0.3 is 0 Å². The number of methoxy groups -OCH3 is 1. The first-order chi connectivity index (χ1) is 15.6. The maximum atomic E-state index is 12.5. The molecule has 0 atom stereocenters. The van der Waals surface area contributed by atoms with Crippen molar-refractivity contribution in [3.63, 3.8) is 0 Å². The molecule has 7 heteroatoms. The number of carbonyl (C=O) groups excluding carboxylic acids is 2. The van der Waals surface area contributed by atoms with Gasteiger partial charge in [-0.1, -0.05) is 42.5 Å². The van der Waals surface area contributed by atoms with E-state index in [1.807, 2.05) is 59.2 Å². The Morgan fingerprint density at radius 1 is 0.875 bits per heavy atom. The highest BCUT2D eigenvalue weighted by atomic mass is 16.5. The van der Waals surface area contributed by atoms with E-state index in [0.717, 1.165) is 5.56 Å². The first kappa shape index (κ1) is 20.9. The van der Waals surface area contributed by atoms with Crippen molar-refractivity contribution in [2.75, 3.05) is 17.7 Å². The Kier molecular flexibility index (Phi) is 6.27. The van der Waals surface area contributed by atoms with Crippen LogP contribution in [-0.2, 0) is 6.54 Å². The molecule has 0 saturated carbocycles. The summed E-state index contributed by atoms with van der Waals surface area (Å²) in [5, 5.41) is 5.69. The average molecular weight is 426 g/mol. The first-order valence-electron chi connectivity index (χ1n) is 10.0. The molecule has 0 aliphatic heterocycles. The second-order valence-corrected chi connectivity index (χ2v) is 7.10. The molecule has 7 nitrogen and oxygen atoms in total. The summed E-state index contributed by atoms with van der Waals surface area (Å²) in [6, 6.07) is 23.8. The minimum atomic E-state index is -0.313. The van der Waals surface area contributed by atoms with Crippen LogP contribution in [0.5, 0.6) is 5.75 Å². The minimum absolute atomic E-state index is 0.154. The molecule has 4 rings (SSSR count). The number of carbonyl (C=O) groups is 2. The van der Waals surface area contributed by atoms with Crippen molar-refractivity contribution < 1.29 is 14.3 Å². The molecule has 1 heterocycles. The van der Waals surface area contributed by atoms with E-state index in [2.05, 4.69) is 15.6 Å².